The minimum Gasteiger partial charge on any atom is -0.491 e. The summed E-state index contributed by atoms with van der Waals surface area (Å²) in [5.74, 6) is 0.828. The van der Waals surface area contributed by atoms with Crippen LogP contribution in [0.25, 0.3) is 0 Å². The lowest BCUT2D eigenvalue weighted by Gasteiger charge is -2.15. The normalized spacial score (nSPS) is 11.5. The molecule has 2 rings (SSSR count). The molecule has 0 bridgehead atoms. The predicted molar refractivity (Wildman–Crippen MR) is 95.2 cm³/mol. The van der Waals surface area contributed by atoms with Crippen molar-refractivity contribution in [2.45, 2.75) is 24.7 Å². The first-order valence-electron chi connectivity index (χ1n) is 7.77. The third-order valence-corrected chi connectivity index (χ3v) is 4.90. The molecule has 0 amide bonds. The first-order chi connectivity index (χ1) is 11.4. The van der Waals surface area contributed by atoms with Gasteiger partial charge in [0.2, 0.25) is 0 Å². The van der Waals surface area contributed by atoms with Crippen LogP contribution in [0.15, 0.2) is 53.4 Å². The lowest BCUT2D eigenvalue weighted by atomic mass is 10.0. The van der Waals surface area contributed by atoms with Crippen molar-refractivity contribution >= 4 is 15.7 Å². The molecule has 0 aliphatic heterocycles. The second-order valence-corrected chi connectivity index (χ2v) is 7.34. The number of rotatable bonds is 8. The van der Waals surface area contributed by atoms with E-state index in [4.69, 9.17) is 9.47 Å². The number of hydrogen-bond acceptors (Lipinski definition) is 4. The molecule has 0 atom stereocenters. The van der Waals surface area contributed by atoms with Crippen molar-refractivity contribution < 1.29 is 17.9 Å². The fourth-order valence-corrected chi connectivity index (χ4v) is 3.34. The van der Waals surface area contributed by atoms with E-state index in [1.165, 1.54) is 12.1 Å². The van der Waals surface area contributed by atoms with Gasteiger partial charge in [0.05, 0.1) is 17.2 Å². The first kappa shape index (κ1) is 18.3. The highest BCUT2D eigenvalue weighted by molar-refractivity contribution is 7.92. The van der Waals surface area contributed by atoms with E-state index in [2.05, 4.69) is 4.72 Å². The summed E-state index contributed by atoms with van der Waals surface area (Å²) in [6, 6.07) is 13.8. The van der Waals surface area contributed by atoms with Gasteiger partial charge < -0.3 is 9.47 Å². The molecule has 0 aromatic heterocycles. The molecule has 0 aliphatic carbocycles. The lowest BCUT2D eigenvalue weighted by molar-refractivity contribution is 0.146. The number of sulfonamides is 1. The molecule has 0 aliphatic rings. The second kappa shape index (κ2) is 8.17. The Hall–Kier alpha value is -2.05. The molecule has 6 heteroatoms. The van der Waals surface area contributed by atoms with Crippen LogP contribution in [0.1, 0.15) is 25.3 Å². The van der Waals surface area contributed by atoms with Crippen LogP contribution in [0.2, 0.25) is 0 Å². The van der Waals surface area contributed by atoms with E-state index >= 15 is 0 Å². The van der Waals surface area contributed by atoms with Crippen LogP contribution in [0, 0.1) is 0 Å². The first-order valence-corrected chi connectivity index (χ1v) is 9.26. The fraction of sp³-hybridized carbons (Fsp3) is 0.333. The van der Waals surface area contributed by atoms with E-state index in [9.17, 15) is 8.42 Å². The molecule has 0 saturated heterocycles. The Balaban J connectivity index is 2.16. The predicted octanol–water partition coefficient (Wildman–Crippen LogP) is 3.64. The Kier molecular flexibility index (Phi) is 6.23. The standard InChI is InChI=1S/C18H23NO4S/c1-14(2)17-6-4-5-7-18(17)19-24(20,21)16-10-8-15(9-11-16)23-13-12-22-3/h4-11,14,19H,12-13H2,1-3H3. The van der Waals surface area contributed by atoms with Crippen LogP contribution < -0.4 is 9.46 Å². The summed E-state index contributed by atoms with van der Waals surface area (Å²) in [5, 5.41) is 0. The molecular formula is C18H23NO4S. The average Bonchev–Trinajstić information content (AvgIpc) is 2.55. The van der Waals surface area contributed by atoms with Gasteiger partial charge in [-0.2, -0.15) is 0 Å². The van der Waals surface area contributed by atoms with E-state index < -0.39 is 10.0 Å². The largest absolute Gasteiger partial charge is 0.491 e. The maximum Gasteiger partial charge on any atom is 0.261 e. The Morgan fingerprint density at radius 2 is 1.67 bits per heavy atom. The molecule has 24 heavy (non-hydrogen) atoms. The van der Waals surface area contributed by atoms with Gasteiger partial charge in [-0.05, 0) is 41.8 Å². The Morgan fingerprint density at radius 1 is 1.00 bits per heavy atom. The van der Waals surface area contributed by atoms with Crippen LogP contribution in [0.4, 0.5) is 5.69 Å². The van der Waals surface area contributed by atoms with E-state index in [1.807, 2.05) is 32.0 Å². The van der Waals surface area contributed by atoms with Gasteiger partial charge in [0, 0.05) is 7.11 Å². The van der Waals surface area contributed by atoms with Gasteiger partial charge in [0.25, 0.3) is 10.0 Å². The third-order valence-electron chi connectivity index (χ3n) is 3.52. The molecule has 0 fully saturated rings. The Bertz CT molecular complexity index is 755. The van der Waals surface area contributed by atoms with Crippen molar-refractivity contribution in [3.05, 3.63) is 54.1 Å². The van der Waals surface area contributed by atoms with Crippen LogP contribution >= 0.6 is 0 Å². The van der Waals surface area contributed by atoms with Crippen molar-refractivity contribution in [3.8, 4) is 5.75 Å². The summed E-state index contributed by atoms with van der Waals surface area (Å²) in [6.07, 6.45) is 0. The minimum absolute atomic E-state index is 0.195. The van der Waals surface area contributed by atoms with Crippen LogP contribution in [0.5, 0.6) is 5.75 Å². The van der Waals surface area contributed by atoms with Crippen LogP contribution in [-0.4, -0.2) is 28.7 Å². The van der Waals surface area contributed by atoms with Crippen molar-refractivity contribution in [3.63, 3.8) is 0 Å². The zero-order valence-corrected chi connectivity index (χ0v) is 15.0. The minimum atomic E-state index is -3.64. The summed E-state index contributed by atoms with van der Waals surface area (Å²) in [6.45, 7) is 4.95. The van der Waals surface area contributed by atoms with Crippen molar-refractivity contribution in [2.75, 3.05) is 25.0 Å². The maximum atomic E-state index is 12.6. The SMILES string of the molecule is COCCOc1ccc(S(=O)(=O)Nc2ccccc2C(C)C)cc1. The zero-order chi connectivity index (χ0) is 17.6. The van der Waals surface area contributed by atoms with Gasteiger partial charge in [-0.25, -0.2) is 8.42 Å². The summed E-state index contributed by atoms with van der Waals surface area (Å²) in [7, 11) is -2.04. The van der Waals surface area contributed by atoms with Crippen molar-refractivity contribution in [2.24, 2.45) is 0 Å². The molecule has 0 spiro atoms. The molecule has 0 heterocycles. The molecular weight excluding hydrogens is 326 g/mol. The van der Waals surface area contributed by atoms with E-state index in [-0.39, 0.29) is 10.8 Å². The zero-order valence-electron chi connectivity index (χ0n) is 14.2. The van der Waals surface area contributed by atoms with Crippen LogP contribution in [-0.2, 0) is 14.8 Å². The number of benzene rings is 2. The molecule has 130 valence electrons. The molecule has 0 unspecified atom stereocenters. The van der Waals surface area contributed by atoms with E-state index in [1.54, 1.807) is 25.3 Å². The fourth-order valence-electron chi connectivity index (χ4n) is 2.25. The number of methoxy groups -OCH3 is 1. The molecule has 5 nitrogen and oxygen atoms in total. The third kappa shape index (κ3) is 4.72. The van der Waals surface area contributed by atoms with Gasteiger partial charge in [-0.1, -0.05) is 32.0 Å². The summed E-state index contributed by atoms with van der Waals surface area (Å²) in [5.41, 5.74) is 1.56. The number of para-hydroxylation sites is 1. The number of anilines is 1. The van der Waals surface area contributed by atoms with Crippen molar-refractivity contribution in [1.29, 1.82) is 0 Å². The van der Waals surface area contributed by atoms with Gasteiger partial charge in [0.15, 0.2) is 0 Å². The highest BCUT2D eigenvalue weighted by atomic mass is 32.2. The van der Waals surface area contributed by atoms with Gasteiger partial charge in [-0.3, -0.25) is 4.72 Å². The highest BCUT2D eigenvalue weighted by Crippen LogP contribution is 2.26. The Labute approximate surface area is 143 Å². The summed E-state index contributed by atoms with van der Waals surface area (Å²) in [4.78, 5) is 0.195. The number of ether oxygens (including phenoxy) is 2. The molecule has 2 aromatic carbocycles. The monoisotopic (exact) mass is 349 g/mol. The van der Waals surface area contributed by atoms with E-state index in [0.29, 0.717) is 24.7 Å². The average molecular weight is 349 g/mol. The quantitative estimate of drug-likeness (QED) is 0.739. The van der Waals surface area contributed by atoms with Gasteiger partial charge >= 0.3 is 0 Å². The lowest BCUT2D eigenvalue weighted by Crippen LogP contribution is -2.14. The smallest absolute Gasteiger partial charge is 0.261 e. The summed E-state index contributed by atoms with van der Waals surface area (Å²) < 4.78 is 38.2. The second-order valence-electron chi connectivity index (χ2n) is 5.66. The number of hydrogen-bond donors (Lipinski definition) is 1. The summed E-state index contributed by atoms with van der Waals surface area (Å²) >= 11 is 0. The van der Waals surface area contributed by atoms with E-state index in [0.717, 1.165) is 5.56 Å². The molecule has 0 saturated carbocycles. The molecule has 2 aromatic rings. The van der Waals surface area contributed by atoms with Gasteiger partial charge in [0.1, 0.15) is 12.4 Å². The van der Waals surface area contributed by atoms with Crippen molar-refractivity contribution in [1.82, 2.24) is 0 Å². The molecule has 0 radical (unpaired) electrons. The van der Waals surface area contributed by atoms with Gasteiger partial charge in [-0.15, -0.1) is 0 Å². The Morgan fingerprint density at radius 3 is 2.29 bits per heavy atom. The maximum absolute atomic E-state index is 12.6. The van der Waals surface area contributed by atoms with Crippen LogP contribution in [0.3, 0.4) is 0 Å². The highest BCUT2D eigenvalue weighted by Gasteiger charge is 2.16. The topological polar surface area (TPSA) is 64.6 Å². The number of nitrogens with one attached hydrogen (secondary N) is 1. The molecule has 1 N–H and O–H groups in total.